The van der Waals surface area contributed by atoms with Crippen LogP contribution >= 0.6 is 0 Å². The van der Waals surface area contributed by atoms with E-state index in [0.717, 1.165) is 16.1 Å². The molecule has 1 aromatic heterocycles. The van der Waals surface area contributed by atoms with Gasteiger partial charge in [0.25, 0.3) is 0 Å². The Morgan fingerprint density at radius 1 is 1.31 bits per heavy atom. The van der Waals surface area contributed by atoms with Crippen LogP contribution in [-0.2, 0) is 21.4 Å². The van der Waals surface area contributed by atoms with E-state index in [4.69, 9.17) is 4.74 Å². The van der Waals surface area contributed by atoms with Gasteiger partial charge in [0.2, 0.25) is 15.9 Å². The zero-order chi connectivity index (χ0) is 19.3. The second kappa shape index (κ2) is 8.18. The van der Waals surface area contributed by atoms with Crippen LogP contribution in [0.2, 0.25) is 0 Å². The van der Waals surface area contributed by atoms with Gasteiger partial charge in [-0.05, 0) is 43.7 Å². The van der Waals surface area contributed by atoms with Crippen molar-refractivity contribution in [1.29, 1.82) is 0 Å². The van der Waals surface area contributed by atoms with Crippen LogP contribution in [0.25, 0.3) is 0 Å². The quantitative estimate of drug-likeness (QED) is 0.796. The number of carbonyl (C=O) groups excluding carboxylic acids is 1. The predicted molar refractivity (Wildman–Crippen MR) is 101 cm³/mol. The lowest BCUT2D eigenvalue weighted by molar-refractivity contribution is -0.122. The number of aryl methyl sites for hydroxylation is 1. The van der Waals surface area contributed by atoms with Crippen molar-refractivity contribution in [2.75, 3.05) is 17.7 Å². The number of ether oxygens (including phenoxy) is 1. The lowest BCUT2D eigenvalue weighted by atomic mass is 10.2. The molecular formula is C18H23N3O4S. The van der Waals surface area contributed by atoms with Crippen molar-refractivity contribution in [3.8, 4) is 5.75 Å². The summed E-state index contributed by atoms with van der Waals surface area (Å²) in [5, 5.41) is 2.72. The number of amides is 1. The second-order valence-corrected chi connectivity index (χ2v) is 7.81. The fourth-order valence-electron chi connectivity index (χ4n) is 2.58. The van der Waals surface area contributed by atoms with Gasteiger partial charge in [-0.2, -0.15) is 0 Å². The summed E-state index contributed by atoms with van der Waals surface area (Å²) < 4.78 is 31.2. The number of anilines is 1. The molecule has 1 amide bonds. The third-order valence-electron chi connectivity index (χ3n) is 3.83. The molecule has 1 heterocycles. The summed E-state index contributed by atoms with van der Waals surface area (Å²) in [4.78, 5) is 16.7. The minimum absolute atomic E-state index is 0.215. The molecular weight excluding hydrogens is 354 g/mol. The van der Waals surface area contributed by atoms with Crippen LogP contribution in [-0.4, -0.2) is 38.7 Å². The van der Waals surface area contributed by atoms with Crippen LogP contribution in [0.3, 0.4) is 0 Å². The molecule has 26 heavy (non-hydrogen) atoms. The highest BCUT2D eigenvalue weighted by molar-refractivity contribution is 7.92. The van der Waals surface area contributed by atoms with Crippen LogP contribution in [0.5, 0.6) is 5.75 Å². The molecule has 0 bridgehead atoms. The minimum Gasteiger partial charge on any atom is -0.495 e. The first-order valence-electron chi connectivity index (χ1n) is 8.05. The molecule has 1 N–H and O–H groups in total. The average molecular weight is 377 g/mol. The summed E-state index contributed by atoms with van der Waals surface area (Å²) in [6, 6.07) is 9.60. The molecule has 0 aliphatic carbocycles. The number of benzene rings is 1. The number of carbonyl (C=O) groups is 1. The topological polar surface area (TPSA) is 88.6 Å². The monoisotopic (exact) mass is 377 g/mol. The molecule has 1 atom stereocenters. The van der Waals surface area contributed by atoms with Crippen molar-refractivity contribution in [2.24, 2.45) is 0 Å². The first-order chi connectivity index (χ1) is 12.2. The smallest absolute Gasteiger partial charge is 0.243 e. The number of pyridine rings is 1. The van der Waals surface area contributed by atoms with Gasteiger partial charge in [0.15, 0.2) is 0 Å². The van der Waals surface area contributed by atoms with E-state index >= 15 is 0 Å². The first-order valence-corrected chi connectivity index (χ1v) is 9.90. The van der Waals surface area contributed by atoms with Gasteiger partial charge in [0, 0.05) is 6.20 Å². The summed E-state index contributed by atoms with van der Waals surface area (Å²) >= 11 is 0. The number of rotatable bonds is 7. The summed E-state index contributed by atoms with van der Waals surface area (Å²) in [5.74, 6) is -0.0463. The van der Waals surface area contributed by atoms with Crippen molar-refractivity contribution < 1.29 is 17.9 Å². The normalized spacial score (nSPS) is 12.3. The van der Waals surface area contributed by atoms with Gasteiger partial charge in [-0.1, -0.05) is 12.1 Å². The summed E-state index contributed by atoms with van der Waals surface area (Å²) in [5.41, 5.74) is 1.87. The van der Waals surface area contributed by atoms with E-state index in [1.54, 1.807) is 30.5 Å². The van der Waals surface area contributed by atoms with Gasteiger partial charge in [0.05, 0.1) is 31.3 Å². The van der Waals surface area contributed by atoms with Crippen LogP contribution in [0, 0.1) is 6.92 Å². The average Bonchev–Trinajstić information content (AvgIpc) is 2.59. The van der Waals surface area contributed by atoms with Crippen LogP contribution in [0.15, 0.2) is 42.6 Å². The van der Waals surface area contributed by atoms with Gasteiger partial charge >= 0.3 is 0 Å². The van der Waals surface area contributed by atoms with Gasteiger partial charge in [-0.15, -0.1) is 0 Å². The third-order valence-corrected chi connectivity index (χ3v) is 5.06. The largest absolute Gasteiger partial charge is 0.495 e. The Morgan fingerprint density at radius 3 is 2.62 bits per heavy atom. The number of nitrogens with zero attached hydrogens (tertiary/aromatic N) is 2. The SMILES string of the molecule is COc1ccc(C)cc1N(C(C)C(=O)NCc1ccccn1)S(C)(=O)=O. The fourth-order valence-corrected chi connectivity index (χ4v) is 3.75. The van der Waals surface area contributed by atoms with Crippen LogP contribution in [0.4, 0.5) is 5.69 Å². The van der Waals surface area contributed by atoms with Gasteiger partial charge in [0.1, 0.15) is 11.8 Å². The highest BCUT2D eigenvalue weighted by atomic mass is 32.2. The molecule has 2 aromatic rings. The standard InChI is InChI=1S/C18H23N3O4S/c1-13-8-9-17(25-3)16(11-13)21(26(4,23)24)14(2)18(22)20-12-15-7-5-6-10-19-15/h5-11,14H,12H2,1-4H3,(H,20,22). The zero-order valence-electron chi connectivity index (χ0n) is 15.3. The minimum atomic E-state index is -3.72. The van der Waals surface area contributed by atoms with E-state index in [-0.39, 0.29) is 6.54 Å². The van der Waals surface area contributed by atoms with Crippen molar-refractivity contribution in [3.05, 3.63) is 53.9 Å². The number of aromatic nitrogens is 1. The molecule has 0 aliphatic heterocycles. The van der Waals surface area contributed by atoms with E-state index < -0.39 is 22.0 Å². The maximum Gasteiger partial charge on any atom is 0.243 e. The van der Waals surface area contributed by atoms with Crippen molar-refractivity contribution >= 4 is 21.6 Å². The molecule has 0 fully saturated rings. The molecule has 7 nitrogen and oxygen atoms in total. The lowest BCUT2D eigenvalue weighted by Crippen LogP contribution is -2.47. The number of nitrogens with one attached hydrogen (secondary N) is 1. The summed E-state index contributed by atoms with van der Waals surface area (Å²) in [7, 11) is -2.26. The Hall–Kier alpha value is -2.61. The first kappa shape index (κ1) is 19.7. The highest BCUT2D eigenvalue weighted by Crippen LogP contribution is 2.32. The molecule has 0 saturated heterocycles. The number of hydrogen-bond donors (Lipinski definition) is 1. The predicted octanol–water partition coefficient (Wildman–Crippen LogP) is 1.87. The zero-order valence-corrected chi connectivity index (χ0v) is 16.1. The number of sulfonamides is 1. The lowest BCUT2D eigenvalue weighted by Gasteiger charge is -2.29. The Kier molecular flexibility index (Phi) is 6.20. The van der Waals surface area contributed by atoms with Gasteiger partial charge in [-0.3, -0.25) is 14.1 Å². The Bertz CT molecular complexity index is 869. The van der Waals surface area contributed by atoms with Crippen LogP contribution in [0.1, 0.15) is 18.2 Å². The Morgan fingerprint density at radius 2 is 2.04 bits per heavy atom. The highest BCUT2D eigenvalue weighted by Gasteiger charge is 2.31. The van der Waals surface area contributed by atoms with Gasteiger partial charge < -0.3 is 10.1 Å². The number of methoxy groups -OCH3 is 1. The molecule has 1 aromatic carbocycles. The van der Waals surface area contributed by atoms with Gasteiger partial charge in [-0.25, -0.2) is 8.42 Å². The molecule has 0 spiro atoms. The van der Waals surface area contributed by atoms with Crippen molar-refractivity contribution in [3.63, 3.8) is 0 Å². The third kappa shape index (κ3) is 4.72. The molecule has 0 saturated carbocycles. The molecule has 140 valence electrons. The Balaban J connectivity index is 2.29. The van der Waals surface area contributed by atoms with E-state index in [1.807, 2.05) is 19.1 Å². The summed E-state index contributed by atoms with van der Waals surface area (Å²) in [6.45, 7) is 3.60. The van der Waals surface area contributed by atoms with E-state index in [1.165, 1.54) is 14.0 Å². The summed E-state index contributed by atoms with van der Waals surface area (Å²) in [6.07, 6.45) is 2.70. The maximum absolute atomic E-state index is 12.6. The maximum atomic E-state index is 12.6. The molecule has 2 rings (SSSR count). The molecule has 0 radical (unpaired) electrons. The van der Waals surface area contributed by atoms with Crippen molar-refractivity contribution in [1.82, 2.24) is 10.3 Å². The molecule has 8 heteroatoms. The fraction of sp³-hybridized carbons (Fsp3) is 0.333. The number of hydrogen-bond acceptors (Lipinski definition) is 5. The van der Waals surface area contributed by atoms with E-state index in [9.17, 15) is 13.2 Å². The second-order valence-electron chi connectivity index (χ2n) is 5.95. The van der Waals surface area contributed by atoms with E-state index in [2.05, 4.69) is 10.3 Å². The molecule has 1 unspecified atom stereocenters. The Labute approximate surface area is 154 Å². The van der Waals surface area contributed by atoms with Crippen LogP contribution < -0.4 is 14.4 Å². The van der Waals surface area contributed by atoms with Crippen molar-refractivity contribution in [2.45, 2.75) is 26.4 Å². The molecule has 0 aliphatic rings. The van der Waals surface area contributed by atoms with E-state index in [0.29, 0.717) is 17.1 Å².